The molecule has 4 heteroatoms. The number of hydrogen-bond acceptors (Lipinski definition) is 2. The molecule has 1 heterocycles. The number of aryl methyl sites for hydroxylation is 1. The van der Waals surface area contributed by atoms with Crippen LogP contribution in [0, 0.1) is 0 Å². The minimum Gasteiger partial charge on any atom is -0.339 e. The Hall–Kier alpha value is -1.32. The van der Waals surface area contributed by atoms with E-state index in [4.69, 9.17) is 4.84 Å². The van der Waals surface area contributed by atoms with Crippen LogP contribution in [-0.4, -0.2) is 18.1 Å². The first-order valence-corrected chi connectivity index (χ1v) is 3.33. The normalized spacial score (nSPS) is 9.64. The highest BCUT2D eigenvalue weighted by Gasteiger charge is 2.13. The van der Waals surface area contributed by atoms with E-state index in [-0.39, 0.29) is 0 Å². The molecule has 0 bridgehead atoms. The van der Waals surface area contributed by atoms with Crippen molar-refractivity contribution in [2.24, 2.45) is 7.05 Å². The van der Waals surface area contributed by atoms with Crippen LogP contribution >= 0.6 is 0 Å². The van der Waals surface area contributed by atoms with Crippen molar-refractivity contribution in [1.82, 2.24) is 4.73 Å². The quantitative estimate of drug-likeness (QED) is 0.419. The SMILES string of the molecule is COn1cc[n+](C)c1CC=O. The van der Waals surface area contributed by atoms with Crippen LogP contribution in [0.5, 0.6) is 0 Å². The lowest BCUT2D eigenvalue weighted by Gasteiger charge is -1.94. The van der Waals surface area contributed by atoms with Gasteiger partial charge in [0.15, 0.2) is 6.20 Å². The van der Waals surface area contributed by atoms with Crippen molar-refractivity contribution in [3.8, 4) is 0 Å². The smallest absolute Gasteiger partial charge is 0.303 e. The third-order valence-electron chi connectivity index (χ3n) is 1.55. The Labute approximate surface area is 65.0 Å². The van der Waals surface area contributed by atoms with Crippen LogP contribution in [0.3, 0.4) is 0 Å². The highest BCUT2D eigenvalue weighted by atomic mass is 16.6. The first kappa shape index (κ1) is 7.78. The highest BCUT2D eigenvalue weighted by Crippen LogP contribution is 1.90. The van der Waals surface area contributed by atoms with E-state index in [9.17, 15) is 4.79 Å². The molecule has 0 aliphatic heterocycles. The van der Waals surface area contributed by atoms with Gasteiger partial charge in [-0.3, -0.25) is 0 Å². The number of rotatable bonds is 3. The third-order valence-corrected chi connectivity index (χ3v) is 1.55. The van der Waals surface area contributed by atoms with Crippen LogP contribution in [-0.2, 0) is 18.3 Å². The van der Waals surface area contributed by atoms with Gasteiger partial charge in [0.05, 0.1) is 7.05 Å². The molecule has 1 rings (SSSR count). The van der Waals surface area contributed by atoms with Crippen molar-refractivity contribution in [3.05, 3.63) is 18.2 Å². The number of hydrogen-bond donors (Lipinski definition) is 0. The standard InChI is InChI=1S/C7H11N2O2/c1-8-4-5-9(11-2)7(8)3-6-10/h4-6H,3H2,1-2H3/q+1. The van der Waals surface area contributed by atoms with Crippen molar-refractivity contribution in [2.75, 3.05) is 7.11 Å². The summed E-state index contributed by atoms with van der Waals surface area (Å²) in [5, 5.41) is 0. The molecule has 11 heavy (non-hydrogen) atoms. The lowest BCUT2D eigenvalue weighted by Crippen LogP contribution is -2.33. The lowest BCUT2D eigenvalue weighted by atomic mass is 10.4. The molecule has 0 fully saturated rings. The van der Waals surface area contributed by atoms with E-state index in [0.29, 0.717) is 6.42 Å². The van der Waals surface area contributed by atoms with Gasteiger partial charge in [-0.25, -0.2) is 4.57 Å². The predicted molar refractivity (Wildman–Crippen MR) is 37.9 cm³/mol. The maximum atomic E-state index is 10.2. The van der Waals surface area contributed by atoms with E-state index < -0.39 is 0 Å². The Balaban J connectivity index is 2.96. The van der Waals surface area contributed by atoms with Crippen molar-refractivity contribution in [2.45, 2.75) is 6.42 Å². The summed E-state index contributed by atoms with van der Waals surface area (Å²) in [7, 11) is 3.43. The number of carbonyl (C=O) groups excluding carboxylic acids is 1. The topological polar surface area (TPSA) is 35.1 Å². The molecule has 0 saturated carbocycles. The van der Waals surface area contributed by atoms with Gasteiger partial charge >= 0.3 is 5.82 Å². The van der Waals surface area contributed by atoms with Crippen LogP contribution in [0.1, 0.15) is 5.82 Å². The minimum absolute atomic E-state index is 0.372. The molecule has 0 aliphatic carbocycles. The summed E-state index contributed by atoms with van der Waals surface area (Å²) in [6.07, 6.45) is 4.82. The average molecular weight is 155 g/mol. The maximum Gasteiger partial charge on any atom is 0.303 e. The van der Waals surface area contributed by atoms with Gasteiger partial charge in [-0.1, -0.05) is 0 Å². The molecule has 0 atom stereocenters. The second kappa shape index (κ2) is 3.18. The van der Waals surface area contributed by atoms with E-state index in [1.54, 1.807) is 18.0 Å². The highest BCUT2D eigenvalue weighted by molar-refractivity contribution is 5.52. The molecule has 0 N–H and O–H groups in total. The van der Waals surface area contributed by atoms with Gasteiger partial charge in [0.2, 0.25) is 0 Å². The summed E-state index contributed by atoms with van der Waals surface area (Å²) in [5.41, 5.74) is 0. The molecule has 0 radical (unpaired) electrons. The zero-order valence-corrected chi connectivity index (χ0v) is 6.65. The molecule has 0 aromatic carbocycles. The second-order valence-electron chi connectivity index (χ2n) is 2.20. The van der Waals surface area contributed by atoms with Crippen molar-refractivity contribution in [1.29, 1.82) is 0 Å². The molecule has 0 unspecified atom stereocenters. The largest absolute Gasteiger partial charge is 0.339 e. The molecule has 0 saturated heterocycles. The summed E-state index contributed by atoms with van der Waals surface area (Å²) >= 11 is 0. The molecule has 1 aromatic heterocycles. The molecule has 0 amide bonds. The van der Waals surface area contributed by atoms with E-state index in [1.807, 2.05) is 17.8 Å². The van der Waals surface area contributed by atoms with Crippen LogP contribution < -0.4 is 9.40 Å². The molecular formula is C7H11N2O2+. The summed E-state index contributed by atoms with van der Waals surface area (Å²) in [5.74, 6) is 0.836. The first-order valence-electron chi connectivity index (χ1n) is 3.33. The molecular weight excluding hydrogens is 144 g/mol. The molecule has 60 valence electrons. The van der Waals surface area contributed by atoms with Gasteiger partial charge in [0.25, 0.3) is 0 Å². The Kier molecular flexibility index (Phi) is 2.25. The van der Waals surface area contributed by atoms with Gasteiger partial charge in [0.1, 0.15) is 26.0 Å². The van der Waals surface area contributed by atoms with E-state index in [2.05, 4.69) is 0 Å². The summed E-state index contributed by atoms with van der Waals surface area (Å²) in [6, 6.07) is 0. The zero-order valence-electron chi connectivity index (χ0n) is 6.65. The molecule has 1 aromatic rings. The summed E-state index contributed by atoms with van der Waals surface area (Å²) in [6.45, 7) is 0. The van der Waals surface area contributed by atoms with E-state index in [1.165, 1.54) is 0 Å². The number of nitrogens with zero attached hydrogens (tertiary/aromatic N) is 2. The summed E-state index contributed by atoms with van der Waals surface area (Å²) in [4.78, 5) is 15.2. The number of aldehydes is 1. The van der Waals surface area contributed by atoms with Crippen molar-refractivity contribution in [3.63, 3.8) is 0 Å². The van der Waals surface area contributed by atoms with E-state index in [0.717, 1.165) is 12.1 Å². The molecule has 0 spiro atoms. The van der Waals surface area contributed by atoms with Crippen molar-refractivity contribution < 1.29 is 14.2 Å². The minimum atomic E-state index is 0.372. The number of carbonyl (C=O) groups is 1. The average Bonchev–Trinajstić information content (AvgIpc) is 2.34. The molecule has 4 nitrogen and oxygen atoms in total. The summed E-state index contributed by atoms with van der Waals surface area (Å²) < 4.78 is 3.41. The third kappa shape index (κ3) is 1.39. The van der Waals surface area contributed by atoms with Crippen LogP contribution in [0.15, 0.2) is 12.4 Å². The van der Waals surface area contributed by atoms with Crippen molar-refractivity contribution >= 4 is 6.29 Å². The Morgan fingerprint density at radius 3 is 3.09 bits per heavy atom. The molecule has 0 aliphatic rings. The fraction of sp³-hybridized carbons (Fsp3) is 0.429. The number of aromatic nitrogens is 2. The van der Waals surface area contributed by atoms with Gasteiger partial charge in [0, 0.05) is 0 Å². The second-order valence-corrected chi connectivity index (χ2v) is 2.20. The zero-order chi connectivity index (χ0) is 8.27. The Bertz CT molecular complexity index is 255. The predicted octanol–water partition coefficient (Wildman–Crippen LogP) is -0.888. The lowest BCUT2D eigenvalue weighted by molar-refractivity contribution is -0.679. The maximum absolute atomic E-state index is 10.2. The Morgan fingerprint density at radius 2 is 2.55 bits per heavy atom. The van der Waals surface area contributed by atoms with Crippen LogP contribution in [0.4, 0.5) is 0 Å². The monoisotopic (exact) mass is 155 g/mol. The first-order chi connectivity index (χ1) is 5.29. The van der Waals surface area contributed by atoms with Gasteiger partial charge in [-0.2, -0.15) is 0 Å². The fourth-order valence-electron chi connectivity index (χ4n) is 0.963. The van der Waals surface area contributed by atoms with Gasteiger partial charge in [-0.05, 0) is 4.73 Å². The van der Waals surface area contributed by atoms with E-state index >= 15 is 0 Å². The Morgan fingerprint density at radius 1 is 1.82 bits per heavy atom. The van der Waals surface area contributed by atoms with Crippen LogP contribution in [0.25, 0.3) is 0 Å². The van der Waals surface area contributed by atoms with Gasteiger partial charge < -0.3 is 9.63 Å². The van der Waals surface area contributed by atoms with Gasteiger partial charge in [-0.15, -0.1) is 0 Å². The van der Waals surface area contributed by atoms with Crippen LogP contribution in [0.2, 0.25) is 0 Å². The number of imidazole rings is 1. The fourth-order valence-corrected chi connectivity index (χ4v) is 0.963.